The molecule has 0 saturated carbocycles. The minimum Gasteiger partial charge on any atom is -0.337 e. The van der Waals surface area contributed by atoms with E-state index in [2.05, 4.69) is 15.2 Å². The Morgan fingerprint density at radius 1 is 1.07 bits per heavy atom. The maximum absolute atomic E-state index is 12.9. The Balaban J connectivity index is 1.70. The predicted octanol–water partition coefficient (Wildman–Crippen LogP) is 2.37. The first-order valence-electron chi connectivity index (χ1n) is 9.36. The van der Waals surface area contributed by atoms with Gasteiger partial charge in [-0.15, -0.1) is 0 Å². The number of amides is 3. The van der Waals surface area contributed by atoms with Gasteiger partial charge >= 0.3 is 6.03 Å². The van der Waals surface area contributed by atoms with Crippen molar-refractivity contribution in [1.82, 2.24) is 20.1 Å². The van der Waals surface area contributed by atoms with Gasteiger partial charge in [-0.1, -0.05) is 18.2 Å². The van der Waals surface area contributed by atoms with Crippen molar-refractivity contribution >= 4 is 29.1 Å². The maximum Gasteiger partial charge on any atom is 0.332 e. The van der Waals surface area contributed by atoms with E-state index >= 15 is 0 Å². The van der Waals surface area contributed by atoms with Crippen LogP contribution in [0.15, 0.2) is 48.5 Å². The van der Waals surface area contributed by atoms with E-state index in [-0.39, 0.29) is 11.9 Å². The molecule has 3 amide bonds. The van der Waals surface area contributed by atoms with Crippen LogP contribution in [0.4, 0.5) is 16.3 Å². The molecule has 0 unspecified atom stereocenters. The zero-order valence-electron chi connectivity index (χ0n) is 16.1. The molecule has 4 rings (SSSR count). The van der Waals surface area contributed by atoms with Gasteiger partial charge < -0.3 is 15.1 Å². The quantitative estimate of drug-likeness (QED) is 0.816. The summed E-state index contributed by atoms with van der Waals surface area (Å²) < 4.78 is 0. The number of urea groups is 1. The Bertz CT molecular complexity index is 933. The summed E-state index contributed by atoms with van der Waals surface area (Å²) in [7, 11) is 2.05. The normalized spacial score (nSPS) is 18.8. The van der Waals surface area contributed by atoms with Crippen LogP contribution in [0.2, 0.25) is 0 Å². The minimum absolute atomic E-state index is 0.0944. The van der Waals surface area contributed by atoms with Crippen molar-refractivity contribution in [2.75, 3.05) is 38.1 Å². The average Bonchev–Trinajstić information content (AvgIpc) is 2.69. The van der Waals surface area contributed by atoms with Gasteiger partial charge in [-0.2, -0.15) is 0 Å². The highest BCUT2D eigenvalue weighted by Gasteiger charge is 2.31. The molecule has 144 valence electrons. The number of aryl methyl sites for hydroxylation is 1. The minimum atomic E-state index is -0.325. The molecule has 0 radical (unpaired) electrons. The number of hydrogen-bond acceptors (Lipinski definition) is 4. The first-order valence-corrected chi connectivity index (χ1v) is 9.36. The summed E-state index contributed by atoms with van der Waals surface area (Å²) in [6, 6.07) is 12.8. The SMILES string of the molecule is Cc1ccc2c(n1)N(c1ccccc1)C(=O)N/C2=C\C(=O)N1CCN(C)CC1. The number of fused-ring (bicyclic) bond motifs is 1. The number of hydrogen-bond donors (Lipinski definition) is 1. The molecule has 1 fully saturated rings. The Hall–Kier alpha value is -3.19. The molecule has 1 saturated heterocycles. The van der Waals surface area contributed by atoms with E-state index in [0.717, 1.165) is 30.0 Å². The third-order valence-corrected chi connectivity index (χ3v) is 5.06. The smallest absolute Gasteiger partial charge is 0.332 e. The number of rotatable bonds is 2. The lowest BCUT2D eigenvalue weighted by molar-refractivity contribution is -0.127. The predicted molar refractivity (Wildman–Crippen MR) is 108 cm³/mol. The number of anilines is 2. The fraction of sp³-hybridized carbons (Fsp3) is 0.286. The van der Waals surface area contributed by atoms with Gasteiger partial charge in [0, 0.05) is 43.5 Å². The van der Waals surface area contributed by atoms with Crippen molar-refractivity contribution in [3.8, 4) is 0 Å². The molecule has 28 heavy (non-hydrogen) atoms. The lowest BCUT2D eigenvalue weighted by Crippen LogP contribution is -2.47. The molecule has 0 spiro atoms. The van der Waals surface area contributed by atoms with E-state index in [0.29, 0.717) is 24.6 Å². The summed E-state index contributed by atoms with van der Waals surface area (Å²) in [6.45, 7) is 4.94. The average molecular weight is 377 g/mol. The molecular weight excluding hydrogens is 354 g/mol. The molecule has 7 nitrogen and oxygen atoms in total. The van der Waals surface area contributed by atoms with Crippen LogP contribution in [-0.2, 0) is 4.79 Å². The highest BCUT2D eigenvalue weighted by Crippen LogP contribution is 2.34. The number of para-hydroxylation sites is 1. The van der Waals surface area contributed by atoms with Crippen LogP contribution in [-0.4, -0.2) is 59.9 Å². The van der Waals surface area contributed by atoms with Crippen LogP contribution in [0.25, 0.3) is 5.70 Å². The zero-order chi connectivity index (χ0) is 19.7. The number of nitrogens with one attached hydrogen (secondary N) is 1. The molecule has 0 bridgehead atoms. The van der Waals surface area contributed by atoms with Crippen LogP contribution in [0.5, 0.6) is 0 Å². The van der Waals surface area contributed by atoms with E-state index < -0.39 is 0 Å². The number of benzene rings is 1. The second-order valence-electron chi connectivity index (χ2n) is 7.11. The van der Waals surface area contributed by atoms with Crippen molar-refractivity contribution in [2.24, 2.45) is 0 Å². The summed E-state index contributed by atoms with van der Waals surface area (Å²) >= 11 is 0. The van der Waals surface area contributed by atoms with Crippen molar-refractivity contribution in [2.45, 2.75) is 6.92 Å². The van der Waals surface area contributed by atoms with Gasteiger partial charge in [0.2, 0.25) is 5.91 Å². The lowest BCUT2D eigenvalue weighted by atomic mass is 10.1. The van der Waals surface area contributed by atoms with Crippen LogP contribution >= 0.6 is 0 Å². The third-order valence-electron chi connectivity index (χ3n) is 5.06. The molecular formula is C21H23N5O2. The van der Waals surface area contributed by atoms with Crippen molar-refractivity contribution in [3.63, 3.8) is 0 Å². The highest BCUT2D eigenvalue weighted by atomic mass is 16.2. The fourth-order valence-electron chi connectivity index (χ4n) is 3.43. The van der Waals surface area contributed by atoms with E-state index in [1.54, 1.807) is 4.90 Å². The third kappa shape index (κ3) is 3.48. The topological polar surface area (TPSA) is 68.8 Å². The maximum atomic E-state index is 12.9. The number of pyridine rings is 1. The standard InChI is InChI=1S/C21H23N5O2/c1-15-8-9-17-18(14-19(27)25-12-10-24(2)11-13-25)23-21(28)26(20(17)22-15)16-6-4-3-5-7-16/h3-9,14H,10-13H2,1-2H3,(H,23,28)/b18-14-. The summed E-state index contributed by atoms with van der Waals surface area (Å²) in [5, 5.41) is 2.87. The summed E-state index contributed by atoms with van der Waals surface area (Å²) in [4.78, 5) is 35.8. The van der Waals surface area contributed by atoms with Crippen molar-refractivity contribution in [1.29, 1.82) is 0 Å². The van der Waals surface area contributed by atoms with Gasteiger partial charge in [0.15, 0.2) is 5.82 Å². The summed E-state index contributed by atoms with van der Waals surface area (Å²) in [6.07, 6.45) is 1.52. The monoisotopic (exact) mass is 377 g/mol. The van der Waals surface area contributed by atoms with Crippen LogP contribution in [0, 0.1) is 6.92 Å². The molecule has 0 aliphatic carbocycles. The van der Waals surface area contributed by atoms with E-state index in [1.807, 2.05) is 61.3 Å². The second-order valence-corrected chi connectivity index (χ2v) is 7.11. The van der Waals surface area contributed by atoms with Gasteiger partial charge in [-0.25, -0.2) is 14.7 Å². The first-order chi connectivity index (χ1) is 13.5. The van der Waals surface area contributed by atoms with Crippen molar-refractivity contribution < 1.29 is 9.59 Å². The highest BCUT2D eigenvalue weighted by molar-refractivity contribution is 6.11. The first kappa shape index (κ1) is 18.2. The Morgan fingerprint density at radius 2 is 1.79 bits per heavy atom. The molecule has 2 aliphatic heterocycles. The Morgan fingerprint density at radius 3 is 2.50 bits per heavy atom. The second kappa shape index (κ2) is 7.44. The van der Waals surface area contributed by atoms with Gasteiger partial charge in [-0.05, 0) is 38.2 Å². The molecule has 1 N–H and O–H groups in total. The number of nitrogens with zero attached hydrogens (tertiary/aromatic N) is 4. The van der Waals surface area contributed by atoms with Crippen LogP contribution in [0.1, 0.15) is 11.3 Å². The number of aromatic nitrogens is 1. The van der Waals surface area contributed by atoms with Crippen LogP contribution < -0.4 is 10.2 Å². The van der Waals surface area contributed by atoms with Crippen LogP contribution in [0.3, 0.4) is 0 Å². The van der Waals surface area contributed by atoms with Crippen molar-refractivity contribution in [3.05, 3.63) is 59.8 Å². The molecule has 3 heterocycles. The van der Waals surface area contributed by atoms with E-state index in [4.69, 9.17) is 0 Å². The van der Waals surface area contributed by atoms with E-state index in [9.17, 15) is 9.59 Å². The molecule has 1 aromatic carbocycles. The molecule has 1 aromatic heterocycles. The van der Waals surface area contributed by atoms with Gasteiger partial charge in [0.05, 0.1) is 11.4 Å². The van der Waals surface area contributed by atoms with Gasteiger partial charge in [0.1, 0.15) is 0 Å². The Labute approximate surface area is 164 Å². The Kier molecular flexibility index (Phi) is 4.83. The zero-order valence-corrected chi connectivity index (χ0v) is 16.1. The molecule has 2 aromatic rings. The molecule has 2 aliphatic rings. The summed E-state index contributed by atoms with van der Waals surface area (Å²) in [5.74, 6) is 0.440. The number of carbonyl (C=O) groups is 2. The number of likely N-dealkylation sites (N-methyl/N-ethyl adjacent to an activating group) is 1. The number of piperazine rings is 1. The molecule has 7 heteroatoms. The summed E-state index contributed by atoms with van der Waals surface area (Å²) in [5.41, 5.74) is 2.75. The van der Waals surface area contributed by atoms with E-state index in [1.165, 1.54) is 6.08 Å². The van der Waals surface area contributed by atoms with Gasteiger partial charge in [-0.3, -0.25) is 4.79 Å². The number of carbonyl (C=O) groups excluding carboxylic acids is 2. The molecule has 0 atom stereocenters. The fourth-order valence-corrected chi connectivity index (χ4v) is 3.43. The van der Waals surface area contributed by atoms with Gasteiger partial charge in [0.25, 0.3) is 0 Å². The largest absolute Gasteiger partial charge is 0.337 e. The lowest BCUT2D eigenvalue weighted by Gasteiger charge is -2.33.